The summed E-state index contributed by atoms with van der Waals surface area (Å²) in [6.45, 7) is 7.27. The number of piperidine rings is 1. The van der Waals surface area contributed by atoms with E-state index in [1.165, 1.54) is 23.5 Å². The molecule has 0 aromatic heterocycles. The Labute approximate surface area is 190 Å². The van der Waals surface area contributed by atoms with Gasteiger partial charge in [0.05, 0.1) is 14.2 Å². The van der Waals surface area contributed by atoms with Crippen LogP contribution in [0.4, 0.5) is 0 Å². The van der Waals surface area contributed by atoms with Crippen LogP contribution in [0.2, 0.25) is 0 Å². The fourth-order valence-corrected chi connectivity index (χ4v) is 6.08. The van der Waals surface area contributed by atoms with E-state index in [9.17, 15) is 13.2 Å². The van der Waals surface area contributed by atoms with Crippen LogP contribution in [-0.4, -0.2) is 45.9 Å². The zero-order valence-corrected chi connectivity index (χ0v) is 20.2. The van der Waals surface area contributed by atoms with Crippen molar-refractivity contribution in [2.45, 2.75) is 38.6 Å². The summed E-state index contributed by atoms with van der Waals surface area (Å²) in [6.07, 6.45) is 0.995. The normalized spacial score (nSPS) is 19.4. The number of nitrogens with one attached hydrogen (secondary N) is 1. The average molecular weight is 461 g/mol. The van der Waals surface area contributed by atoms with Crippen LogP contribution >= 0.6 is 0 Å². The number of hydrogen-bond acceptors (Lipinski definition) is 5. The lowest BCUT2D eigenvalue weighted by Gasteiger charge is -2.34. The zero-order valence-electron chi connectivity index (χ0n) is 19.3. The van der Waals surface area contributed by atoms with E-state index < -0.39 is 10.0 Å². The SMILES string of the molecule is COc1cc(CNC(=O)c2ccc(OC)c(S(=O)(=O)N3CC(C)CC(C)C3)c2)ccc1C. The van der Waals surface area contributed by atoms with Crippen molar-refractivity contribution in [3.63, 3.8) is 0 Å². The van der Waals surface area contributed by atoms with Crippen molar-refractivity contribution in [2.75, 3.05) is 27.3 Å². The molecular formula is C24H32N2O5S. The Morgan fingerprint density at radius 2 is 1.69 bits per heavy atom. The molecule has 2 unspecified atom stereocenters. The van der Waals surface area contributed by atoms with E-state index >= 15 is 0 Å². The Hall–Kier alpha value is -2.58. The number of carbonyl (C=O) groups is 1. The van der Waals surface area contributed by atoms with Crippen molar-refractivity contribution in [2.24, 2.45) is 11.8 Å². The van der Waals surface area contributed by atoms with Crippen molar-refractivity contribution >= 4 is 15.9 Å². The van der Waals surface area contributed by atoms with E-state index in [2.05, 4.69) is 19.2 Å². The molecule has 8 heteroatoms. The Morgan fingerprint density at radius 3 is 2.31 bits per heavy atom. The lowest BCUT2D eigenvalue weighted by molar-refractivity contribution is 0.0950. The maximum Gasteiger partial charge on any atom is 0.251 e. The molecule has 1 aliphatic heterocycles. The third-order valence-electron chi connectivity index (χ3n) is 5.80. The summed E-state index contributed by atoms with van der Waals surface area (Å²) in [5.41, 5.74) is 2.16. The molecule has 2 aromatic carbocycles. The van der Waals surface area contributed by atoms with Crippen LogP contribution in [0, 0.1) is 18.8 Å². The fraction of sp³-hybridized carbons (Fsp3) is 0.458. The number of amides is 1. The standard InChI is InChI=1S/C24H32N2O5S/c1-16-10-17(2)15-26(14-16)32(28,29)23-12-20(8-9-21(23)30-4)24(27)25-13-19-7-6-18(3)22(11-19)31-5/h6-9,11-12,16-17H,10,13-15H2,1-5H3,(H,25,27). The molecule has 1 heterocycles. The van der Waals surface area contributed by atoms with E-state index in [4.69, 9.17) is 9.47 Å². The van der Waals surface area contributed by atoms with Gasteiger partial charge in [0.2, 0.25) is 10.0 Å². The van der Waals surface area contributed by atoms with Crippen molar-refractivity contribution in [3.05, 3.63) is 53.1 Å². The van der Waals surface area contributed by atoms with E-state index in [0.717, 1.165) is 23.3 Å². The summed E-state index contributed by atoms with van der Waals surface area (Å²) in [4.78, 5) is 12.8. The van der Waals surface area contributed by atoms with Gasteiger partial charge < -0.3 is 14.8 Å². The highest BCUT2D eigenvalue weighted by molar-refractivity contribution is 7.89. The first-order valence-corrected chi connectivity index (χ1v) is 12.2. The molecule has 0 bridgehead atoms. The Bertz CT molecular complexity index is 1070. The van der Waals surface area contributed by atoms with Gasteiger partial charge in [-0.05, 0) is 60.6 Å². The fourth-order valence-electron chi connectivity index (χ4n) is 4.22. The van der Waals surface area contributed by atoms with Gasteiger partial charge in [-0.1, -0.05) is 26.0 Å². The molecular weight excluding hydrogens is 428 g/mol. The minimum absolute atomic E-state index is 0.0194. The lowest BCUT2D eigenvalue weighted by atomic mass is 9.94. The number of hydrogen-bond donors (Lipinski definition) is 1. The highest BCUT2D eigenvalue weighted by Gasteiger charge is 2.34. The second-order valence-electron chi connectivity index (χ2n) is 8.62. The smallest absolute Gasteiger partial charge is 0.251 e. The molecule has 0 saturated carbocycles. The minimum Gasteiger partial charge on any atom is -0.496 e. The van der Waals surface area contributed by atoms with Gasteiger partial charge in [0.25, 0.3) is 5.91 Å². The van der Waals surface area contributed by atoms with Gasteiger partial charge in [0.15, 0.2) is 0 Å². The number of nitrogens with zero attached hydrogens (tertiary/aromatic N) is 1. The lowest BCUT2D eigenvalue weighted by Crippen LogP contribution is -2.42. The molecule has 2 aromatic rings. The number of ether oxygens (including phenoxy) is 2. The van der Waals surface area contributed by atoms with Gasteiger partial charge in [-0.15, -0.1) is 0 Å². The molecule has 0 radical (unpaired) electrons. The monoisotopic (exact) mass is 460 g/mol. The number of carbonyl (C=O) groups excluding carboxylic acids is 1. The summed E-state index contributed by atoms with van der Waals surface area (Å²) in [7, 11) is -0.760. The summed E-state index contributed by atoms with van der Waals surface area (Å²) >= 11 is 0. The van der Waals surface area contributed by atoms with Crippen LogP contribution in [0.25, 0.3) is 0 Å². The van der Waals surface area contributed by atoms with E-state index in [1.54, 1.807) is 13.2 Å². The largest absolute Gasteiger partial charge is 0.496 e. The Kier molecular flexibility index (Phi) is 7.46. The molecule has 1 aliphatic rings. The van der Waals surface area contributed by atoms with Crippen LogP contribution in [-0.2, 0) is 16.6 Å². The van der Waals surface area contributed by atoms with Crippen LogP contribution in [0.1, 0.15) is 41.8 Å². The third-order valence-corrected chi connectivity index (χ3v) is 7.66. The highest BCUT2D eigenvalue weighted by Crippen LogP contribution is 2.32. The summed E-state index contributed by atoms with van der Waals surface area (Å²) in [5.74, 6) is 1.18. The van der Waals surface area contributed by atoms with Crippen molar-refractivity contribution in [1.29, 1.82) is 0 Å². The summed E-state index contributed by atoms with van der Waals surface area (Å²) in [6, 6.07) is 10.2. The molecule has 32 heavy (non-hydrogen) atoms. The molecule has 7 nitrogen and oxygen atoms in total. The van der Waals surface area contributed by atoms with E-state index in [1.807, 2.05) is 25.1 Å². The number of benzene rings is 2. The number of methoxy groups -OCH3 is 2. The molecule has 174 valence electrons. The first-order chi connectivity index (χ1) is 15.1. The first-order valence-electron chi connectivity index (χ1n) is 10.8. The maximum atomic E-state index is 13.4. The van der Waals surface area contributed by atoms with Crippen molar-refractivity contribution in [1.82, 2.24) is 9.62 Å². The van der Waals surface area contributed by atoms with Crippen LogP contribution in [0.15, 0.2) is 41.3 Å². The van der Waals surface area contributed by atoms with Gasteiger partial charge in [0.1, 0.15) is 16.4 Å². The van der Waals surface area contributed by atoms with E-state index in [0.29, 0.717) is 19.6 Å². The maximum absolute atomic E-state index is 13.4. The molecule has 3 rings (SSSR count). The highest BCUT2D eigenvalue weighted by atomic mass is 32.2. The van der Waals surface area contributed by atoms with E-state index in [-0.39, 0.29) is 34.0 Å². The van der Waals surface area contributed by atoms with Gasteiger partial charge in [0, 0.05) is 25.2 Å². The summed E-state index contributed by atoms with van der Waals surface area (Å²) < 4.78 is 39.0. The molecule has 0 spiro atoms. The van der Waals surface area contributed by atoms with Crippen molar-refractivity contribution < 1.29 is 22.7 Å². The summed E-state index contributed by atoms with van der Waals surface area (Å²) in [5, 5.41) is 2.85. The van der Waals surface area contributed by atoms with Crippen LogP contribution in [0.5, 0.6) is 11.5 Å². The molecule has 2 atom stereocenters. The van der Waals surface area contributed by atoms with Gasteiger partial charge in [-0.25, -0.2) is 8.42 Å². The van der Waals surface area contributed by atoms with Crippen molar-refractivity contribution in [3.8, 4) is 11.5 Å². The quantitative estimate of drug-likeness (QED) is 0.682. The van der Waals surface area contributed by atoms with Gasteiger partial charge in [-0.2, -0.15) is 4.31 Å². The minimum atomic E-state index is -3.80. The third kappa shape index (κ3) is 5.24. The number of sulfonamides is 1. The number of aryl methyl sites for hydroxylation is 1. The van der Waals surface area contributed by atoms with Crippen LogP contribution in [0.3, 0.4) is 0 Å². The predicted octanol–water partition coefficient (Wildman–Crippen LogP) is 3.61. The second-order valence-corrected chi connectivity index (χ2v) is 10.5. The molecule has 1 saturated heterocycles. The Morgan fingerprint density at radius 1 is 1.03 bits per heavy atom. The molecule has 0 aliphatic carbocycles. The molecule has 1 fully saturated rings. The molecule has 1 N–H and O–H groups in total. The van der Waals surface area contributed by atoms with Gasteiger partial charge >= 0.3 is 0 Å². The van der Waals surface area contributed by atoms with Gasteiger partial charge in [-0.3, -0.25) is 4.79 Å². The Balaban J connectivity index is 1.83. The first kappa shape index (κ1) is 24.1. The predicted molar refractivity (Wildman–Crippen MR) is 124 cm³/mol. The van der Waals surface area contributed by atoms with Crippen LogP contribution < -0.4 is 14.8 Å². The average Bonchev–Trinajstić information content (AvgIpc) is 2.77. The second kappa shape index (κ2) is 9.92. The topological polar surface area (TPSA) is 84.9 Å². The molecule has 1 amide bonds. The zero-order chi connectivity index (χ0) is 23.5. The number of rotatable bonds is 7.